The smallest absolute Gasteiger partial charge is 0.404 e. The molecule has 0 atom stereocenters. The fraction of sp³-hybridized carbons (Fsp3) is 0.125. The van der Waals surface area contributed by atoms with Crippen LogP contribution < -0.4 is 10.1 Å². The number of para-hydroxylation sites is 3. The molecule has 3 aromatic rings. The lowest BCUT2D eigenvalue weighted by atomic mass is 10.2. The summed E-state index contributed by atoms with van der Waals surface area (Å²) in [5.41, 5.74) is 0.0348. The summed E-state index contributed by atoms with van der Waals surface area (Å²) in [6, 6.07) is 9.32. The monoisotopic (exact) mass is 380 g/mol. The van der Waals surface area contributed by atoms with Gasteiger partial charge in [-0.05, 0) is 18.2 Å². The van der Waals surface area contributed by atoms with E-state index < -0.39 is 22.9 Å². The van der Waals surface area contributed by atoms with Crippen LogP contribution in [0.3, 0.4) is 0 Å². The van der Waals surface area contributed by atoms with Crippen molar-refractivity contribution >= 4 is 28.3 Å². The largest absolute Gasteiger partial charge is 0.573 e. The van der Waals surface area contributed by atoms with Crippen molar-refractivity contribution in [3.05, 3.63) is 58.9 Å². The van der Waals surface area contributed by atoms with Crippen LogP contribution in [0.15, 0.2) is 48.8 Å². The highest BCUT2D eigenvalue weighted by molar-refractivity contribution is 5.94. The molecule has 0 fully saturated rings. The number of carbonyl (C=O) groups excluding carboxylic acids is 1. The Kier molecular flexibility index (Phi) is 4.67. The third-order valence-electron chi connectivity index (χ3n) is 3.51. The highest BCUT2D eigenvalue weighted by atomic mass is 19.4. The summed E-state index contributed by atoms with van der Waals surface area (Å²) in [6.07, 6.45) is -3.67. The van der Waals surface area contributed by atoms with Gasteiger partial charge in [0.1, 0.15) is 12.1 Å². The predicted molar refractivity (Wildman–Crippen MR) is 88.1 cm³/mol. The van der Waals surface area contributed by atoms with Gasteiger partial charge in [0.05, 0.1) is 22.5 Å². The molecular formula is C16H11F3N4O4. The molecule has 11 heteroatoms. The van der Waals surface area contributed by atoms with Crippen molar-refractivity contribution in [3.63, 3.8) is 0 Å². The van der Waals surface area contributed by atoms with Gasteiger partial charge in [-0.1, -0.05) is 18.2 Å². The van der Waals surface area contributed by atoms with Crippen molar-refractivity contribution in [2.45, 2.75) is 12.9 Å². The van der Waals surface area contributed by atoms with Gasteiger partial charge < -0.3 is 14.6 Å². The number of anilines is 1. The Hall–Kier alpha value is -3.63. The number of halogens is 3. The van der Waals surface area contributed by atoms with Gasteiger partial charge in [0.25, 0.3) is 5.69 Å². The first kappa shape index (κ1) is 18.2. The molecule has 1 heterocycles. The van der Waals surface area contributed by atoms with Crippen molar-refractivity contribution < 1.29 is 27.6 Å². The number of hydrogen-bond acceptors (Lipinski definition) is 5. The van der Waals surface area contributed by atoms with Gasteiger partial charge >= 0.3 is 6.36 Å². The number of benzene rings is 2. The molecule has 0 aliphatic rings. The van der Waals surface area contributed by atoms with E-state index in [9.17, 15) is 28.1 Å². The molecule has 0 aliphatic carbocycles. The third-order valence-corrected chi connectivity index (χ3v) is 3.51. The molecule has 2 aromatic carbocycles. The number of rotatable bonds is 5. The van der Waals surface area contributed by atoms with Gasteiger partial charge in [0.15, 0.2) is 5.75 Å². The number of fused-ring (bicyclic) bond motifs is 1. The van der Waals surface area contributed by atoms with Gasteiger partial charge in [-0.3, -0.25) is 14.9 Å². The maximum absolute atomic E-state index is 12.4. The number of hydrogen-bond donors (Lipinski definition) is 1. The number of carbonyl (C=O) groups is 1. The first-order chi connectivity index (χ1) is 12.7. The van der Waals surface area contributed by atoms with Crippen LogP contribution in [0, 0.1) is 10.1 Å². The van der Waals surface area contributed by atoms with E-state index in [-0.39, 0.29) is 23.4 Å². The van der Waals surface area contributed by atoms with E-state index in [1.807, 2.05) is 0 Å². The van der Waals surface area contributed by atoms with Crippen LogP contribution in [-0.4, -0.2) is 26.7 Å². The summed E-state index contributed by atoms with van der Waals surface area (Å²) >= 11 is 0. The standard InChI is InChI=1S/C16H11F3N4O4/c17-16(18,19)27-13-7-2-1-4-10(13)21-14(24)8-22-9-20-11-5-3-6-12(15(11)22)23(25)26/h1-7,9H,8H2,(H,21,24). The van der Waals surface area contributed by atoms with Crippen molar-refractivity contribution in [1.82, 2.24) is 9.55 Å². The van der Waals surface area contributed by atoms with Gasteiger partial charge in [0, 0.05) is 6.07 Å². The lowest BCUT2D eigenvalue weighted by Crippen LogP contribution is -2.21. The molecule has 0 saturated carbocycles. The number of nitrogens with one attached hydrogen (secondary N) is 1. The van der Waals surface area contributed by atoms with Crippen LogP contribution in [0.4, 0.5) is 24.5 Å². The molecule has 0 aliphatic heterocycles. The molecule has 1 N–H and O–H groups in total. The van der Waals surface area contributed by atoms with Crippen LogP contribution in [0.1, 0.15) is 0 Å². The van der Waals surface area contributed by atoms with Crippen LogP contribution >= 0.6 is 0 Å². The van der Waals surface area contributed by atoms with Crippen molar-refractivity contribution in [3.8, 4) is 5.75 Å². The third kappa shape index (κ3) is 4.14. The topological polar surface area (TPSA) is 99.3 Å². The van der Waals surface area contributed by atoms with Gasteiger partial charge in [-0.15, -0.1) is 13.2 Å². The minimum Gasteiger partial charge on any atom is -0.404 e. The normalized spacial score (nSPS) is 11.4. The van der Waals surface area contributed by atoms with Crippen molar-refractivity contribution in [1.29, 1.82) is 0 Å². The Labute approximate surface area is 149 Å². The Morgan fingerprint density at radius 1 is 1.22 bits per heavy atom. The van der Waals surface area contributed by atoms with E-state index in [2.05, 4.69) is 15.0 Å². The fourth-order valence-corrected chi connectivity index (χ4v) is 2.50. The molecule has 140 valence electrons. The van der Waals surface area contributed by atoms with E-state index in [0.717, 1.165) is 6.07 Å². The van der Waals surface area contributed by atoms with Crippen LogP contribution in [0.25, 0.3) is 11.0 Å². The van der Waals surface area contributed by atoms with E-state index in [1.165, 1.54) is 41.2 Å². The summed E-state index contributed by atoms with van der Waals surface area (Å²) < 4.78 is 42.5. The summed E-state index contributed by atoms with van der Waals surface area (Å²) in [4.78, 5) is 26.8. The molecule has 0 spiro atoms. The number of alkyl halides is 3. The zero-order chi connectivity index (χ0) is 19.6. The Morgan fingerprint density at radius 3 is 2.67 bits per heavy atom. The first-order valence-corrected chi connectivity index (χ1v) is 7.47. The SMILES string of the molecule is O=C(Cn1cnc2cccc([N+](=O)[O-])c21)Nc1ccccc1OC(F)(F)F. The van der Waals surface area contributed by atoms with Gasteiger partial charge in [-0.2, -0.15) is 0 Å². The molecule has 3 rings (SSSR count). The number of nitro benzene ring substituents is 1. The average Bonchev–Trinajstić information content (AvgIpc) is 2.98. The summed E-state index contributed by atoms with van der Waals surface area (Å²) in [7, 11) is 0. The van der Waals surface area contributed by atoms with Crippen LogP contribution in [0.2, 0.25) is 0 Å². The quantitative estimate of drug-likeness (QED) is 0.540. The summed E-state index contributed by atoms with van der Waals surface area (Å²) in [6.45, 7) is -0.387. The Balaban J connectivity index is 1.84. The molecule has 1 amide bonds. The maximum Gasteiger partial charge on any atom is 0.573 e. The Bertz CT molecular complexity index is 1020. The first-order valence-electron chi connectivity index (χ1n) is 7.47. The Morgan fingerprint density at radius 2 is 1.96 bits per heavy atom. The van der Waals surface area contributed by atoms with E-state index in [4.69, 9.17) is 0 Å². The maximum atomic E-state index is 12.4. The molecule has 0 bridgehead atoms. The highest BCUT2D eigenvalue weighted by Gasteiger charge is 2.32. The second-order valence-electron chi connectivity index (χ2n) is 5.37. The minimum atomic E-state index is -4.91. The molecule has 27 heavy (non-hydrogen) atoms. The molecule has 0 saturated heterocycles. The van der Waals surface area contributed by atoms with E-state index >= 15 is 0 Å². The molecule has 1 aromatic heterocycles. The predicted octanol–water partition coefficient (Wildman–Crippen LogP) is 3.48. The van der Waals surface area contributed by atoms with Crippen LogP contribution in [-0.2, 0) is 11.3 Å². The fourth-order valence-electron chi connectivity index (χ4n) is 2.50. The molecular weight excluding hydrogens is 369 g/mol. The van der Waals surface area contributed by atoms with Gasteiger partial charge in [0.2, 0.25) is 5.91 Å². The molecule has 8 nitrogen and oxygen atoms in total. The number of aromatic nitrogens is 2. The number of ether oxygens (including phenoxy) is 1. The molecule has 0 unspecified atom stereocenters. The van der Waals surface area contributed by atoms with Gasteiger partial charge in [-0.25, -0.2) is 4.98 Å². The zero-order valence-electron chi connectivity index (χ0n) is 13.4. The number of imidazole rings is 1. The van der Waals surface area contributed by atoms with E-state index in [0.29, 0.717) is 5.52 Å². The summed E-state index contributed by atoms with van der Waals surface area (Å²) in [5.74, 6) is -1.27. The second-order valence-corrected chi connectivity index (χ2v) is 5.37. The summed E-state index contributed by atoms with van der Waals surface area (Å²) in [5, 5.41) is 13.5. The second kappa shape index (κ2) is 6.94. The van der Waals surface area contributed by atoms with Crippen molar-refractivity contribution in [2.24, 2.45) is 0 Å². The lowest BCUT2D eigenvalue weighted by Gasteiger charge is -2.14. The van der Waals surface area contributed by atoms with Crippen LogP contribution in [0.5, 0.6) is 5.75 Å². The average molecular weight is 380 g/mol. The zero-order valence-corrected chi connectivity index (χ0v) is 13.4. The van der Waals surface area contributed by atoms with Crippen molar-refractivity contribution in [2.75, 3.05) is 5.32 Å². The highest BCUT2D eigenvalue weighted by Crippen LogP contribution is 2.30. The number of non-ortho nitro benzene ring substituents is 1. The number of nitrogens with zero attached hydrogens (tertiary/aromatic N) is 3. The minimum absolute atomic E-state index is 0.137. The number of amides is 1. The van der Waals surface area contributed by atoms with E-state index in [1.54, 1.807) is 6.07 Å². The number of nitro groups is 1. The lowest BCUT2D eigenvalue weighted by molar-refractivity contribution is -0.383. The molecule has 0 radical (unpaired) electrons.